The highest BCUT2D eigenvalue weighted by atomic mass is 19.4. The van der Waals surface area contributed by atoms with Gasteiger partial charge in [0.05, 0.1) is 18.1 Å². The van der Waals surface area contributed by atoms with Gasteiger partial charge in [-0.25, -0.2) is 9.07 Å². The van der Waals surface area contributed by atoms with Crippen LogP contribution in [-0.4, -0.2) is 63.1 Å². The van der Waals surface area contributed by atoms with Crippen LogP contribution < -0.4 is 15.0 Å². The summed E-state index contributed by atoms with van der Waals surface area (Å²) in [5.41, 5.74) is 2.90. The smallest absolute Gasteiger partial charge is 0.406 e. The first kappa shape index (κ1) is 29.1. The molecule has 2 aliphatic rings. The van der Waals surface area contributed by atoms with Gasteiger partial charge in [-0.15, -0.1) is 13.2 Å². The van der Waals surface area contributed by atoms with E-state index in [0.29, 0.717) is 41.0 Å². The van der Waals surface area contributed by atoms with Crippen LogP contribution in [-0.2, 0) is 4.79 Å². The maximum Gasteiger partial charge on any atom is 0.573 e. The van der Waals surface area contributed by atoms with Gasteiger partial charge in [-0.1, -0.05) is 0 Å². The van der Waals surface area contributed by atoms with Gasteiger partial charge in [0.1, 0.15) is 17.1 Å². The van der Waals surface area contributed by atoms with Crippen molar-refractivity contribution in [1.82, 2.24) is 25.0 Å². The number of hydrogen-bond donors (Lipinski definition) is 1. The molecule has 1 spiro atoms. The van der Waals surface area contributed by atoms with Crippen molar-refractivity contribution < 1.29 is 31.9 Å². The fraction of sp³-hybridized carbons (Fsp3) is 0.290. The van der Waals surface area contributed by atoms with Crippen molar-refractivity contribution in [1.29, 1.82) is 0 Å². The van der Waals surface area contributed by atoms with Crippen LogP contribution in [0.2, 0.25) is 0 Å². The molecule has 0 unspecified atom stereocenters. The van der Waals surface area contributed by atoms with Crippen LogP contribution >= 0.6 is 0 Å². The summed E-state index contributed by atoms with van der Waals surface area (Å²) >= 11 is 0. The molecule has 228 valence electrons. The predicted octanol–water partition coefficient (Wildman–Crippen LogP) is 5.16. The largest absolute Gasteiger partial charge is 0.573 e. The molecule has 0 atom stereocenters. The molecule has 2 saturated heterocycles. The van der Waals surface area contributed by atoms with Crippen LogP contribution in [0.25, 0.3) is 16.9 Å². The number of hydrogen-bond acceptors (Lipinski definition) is 6. The average Bonchev–Trinajstić information content (AvgIpc) is 3.55. The Morgan fingerprint density at radius 2 is 1.61 bits per heavy atom. The number of pyridine rings is 1. The maximum atomic E-state index is 13.7. The van der Waals surface area contributed by atoms with E-state index in [1.54, 1.807) is 66.2 Å². The number of aromatic nitrogens is 3. The molecule has 2 amide bonds. The number of likely N-dealkylation sites (tertiary alicyclic amines) is 1. The zero-order chi connectivity index (χ0) is 31.2. The van der Waals surface area contributed by atoms with Gasteiger partial charge in [0.2, 0.25) is 5.91 Å². The van der Waals surface area contributed by atoms with Gasteiger partial charge >= 0.3 is 6.36 Å². The summed E-state index contributed by atoms with van der Waals surface area (Å²) in [6.07, 6.45) is -0.955. The lowest BCUT2D eigenvalue weighted by Gasteiger charge is -2.44. The highest BCUT2D eigenvalue weighted by Crippen LogP contribution is 2.41. The van der Waals surface area contributed by atoms with Crippen molar-refractivity contribution >= 4 is 17.5 Å². The SMILES string of the molecule is Cc1cc(OC(F)(F)F)cc(C)c1N1CNC(=O)C12CCN(C(=O)c1cc(-c3ccncc3)n(-c3ccc(F)cc3)n1)CC2. The quantitative estimate of drug-likeness (QED) is 0.315. The highest BCUT2D eigenvalue weighted by Gasteiger charge is 2.51. The molecular weight excluding hydrogens is 580 g/mol. The number of piperidine rings is 1. The van der Waals surface area contributed by atoms with Crippen molar-refractivity contribution in [3.05, 3.63) is 89.6 Å². The molecule has 0 radical (unpaired) electrons. The number of aryl methyl sites for hydroxylation is 2. The first-order valence-corrected chi connectivity index (χ1v) is 13.9. The van der Waals surface area contributed by atoms with Crippen molar-refractivity contribution in [3.63, 3.8) is 0 Å². The lowest BCUT2D eigenvalue weighted by Crippen LogP contribution is -2.57. The molecule has 2 aliphatic heterocycles. The molecule has 2 fully saturated rings. The fourth-order valence-corrected chi connectivity index (χ4v) is 6.15. The van der Waals surface area contributed by atoms with Crippen LogP contribution in [0, 0.1) is 19.7 Å². The van der Waals surface area contributed by atoms with Gasteiger partial charge in [0, 0.05) is 36.7 Å². The minimum atomic E-state index is -4.82. The van der Waals surface area contributed by atoms with E-state index in [9.17, 15) is 27.2 Å². The molecule has 4 heterocycles. The number of rotatable bonds is 5. The monoisotopic (exact) mass is 608 g/mol. The van der Waals surface area contributed by atoms with Gasteiger partial charge in [-0.2, -0.15) is 5.10 Å². The van der Waals surface area contributed by atoms with Crippen LogP contribution in [0.5, 0.6) is 5.75 Å². The third kappa shape index (κ3) is 5.33. The number of ether oxygens (including phenoxy) is 1. The second-order valence-corrected chi connectivity index (χ2v) is 10.9. The Morgan fingerprint density at radius 3 is 2.23 bits per heavy atom. The number of benzene rings is 2. The summed E-state index contributed by atoms with van der Waals surface area (Å²) in [7, 11) is 0. The Balaban J connectivity index is 1.26. The molecule has 0 bridgehead atoms. The summed E-state index contributed by atoms with van der Waals surface area (Å²) in [4.78, 5) is 34.6. The number of anilines is 1. The Kier molecular flexibility index (Phi) is 7.26. The first-order chi connectivity index (χ1) is 20.9. The average molecular weight is 609 g/mol. The molecule has 2 aromatic carbocycles. The number of alkyl halides is 3. The summed E-state index contributed by atoms with van der Waals surface area (Å²) in [5.74, 6) is -1.23. The summed E-state index contributed by atoms with van der Waals surface area (Å²) in [6.45, 7) is 4.05. The van der Waals surface area contributed by atoms with E-state index in [2.05, 4.69) is 20.1 Å². The lowest BCUT2D eigenvalue weighted by molar-refractivity contribution is -0.274. The first-order valence-electron chi connectivity index (χ1n) is 13.9. The van der Waals surface area contributed by atoms with Gasteiger partial charge in [-0.05, 0) is 92.4 Å². The van der Waals surface area contributed by atoms with Gasteiger partial charge < -0.3 is 19.9 Å². The Labute approximate surface area is 250 Å². The van der Waals surface area contributed by atoms with Gasteiger partial charge in [0.15, 0.2) is 5.69 Å². The number of halogens is 4. The van der Waals surface area contributed by atoms with E-state index in [-0.39, 0.29) is 43.0 Å². The van der Waals surface area contributed by atoms with Crippen molar-refractivity contribution in [2.45, 2.75) is 38.6 Å². The minimum Gasteiger partial charge on any atom is -0.406 e. The molecule has 0 aliphatic carbocycles. The standard InChI is InChI=1S/C31H28F4N6O3/c1-19-15-24(44-31(33,34)35)16-20(2)27(19)40-18-37-29(43)30(40)9-13-39(14-10-30)28(42)25-17-26(21-7-11-36-12-8-21)41(38-25)23-5-3-22(32)4-6-23/h3-8,11-12,15-17H,9-10,13-14,18H2,1-2H3,(H,37,43). The number of nitrogens with one attached hydrogen (secondary N) is 1. The third-order valence-electron chi connectivity index (χ3n) is 8.16. The van der Waals surface area contributed by atoms with E-state index in [1.165, 1.54) is 24.3 Å². The van der Waals surface area contributed by atoms with Crippen LogP contribution in [0.1, 0.15) is 34.5 Å². The van der Waals surface area contributed by atoms with E-state index < -0.39 is 17.7 Å². The summed E-state index contributed by atoms with van der Waals surface area (Å²) < 4.78 is 57.8. The summed E-state index contributed by atoms with van der Waals surface area (Å²) in [5, 5.41) is 7.47. The second kappa shape index (κ2) is 11.0. The third-order valence-corrected chi connectivity index (χ3v) is 8.16. The van der Waals surface area contributed by atoms with Crippen LogP contribution in [0.4, 0.5) is 23.2 Å². The lowest BCUT2D eigenvalue weighted by atomic mass is 9.85. The van der Waals surface area contributed by atoms with Crippen LogP contribution in [0.15, 0.2) is 67.0 Å². The molecule has 1 N–H and O–H groups in total. The Bertz CT molecular complexity index is 1690. The van der Waals surface area contributed by atoms with Crippen molar-refractivity contribution in [3.8, 4) is 22.7 Å². The van der Waals surface area contributed by atoms with E-state index in [1.807, 2.05) is 4.90 Å². The zero-order valence-electron chi connectivity index (χ0n) is 23.9. The molecule has 6 rings (SSSR count). The molecule has 9 nitrogen and oxygen atoms in total. The minimum absolute atomic E-state index is 0.186. The molecule has 4 aromatic rings. The van der Waals surface area contributed by atoms with Crippen molar-refractivity contribution in [2.75, 3.05) is 24.7 Å². The van der Waals surface area contributed by atoms with Crippen molar-refractivity contribution in [2.24, 2.45) is 0 Å². The molecule has 2 aromatic heterocycles. The normalized spacial score (nSPS) is 16.4. The van der Waals surface area contributed by atoms with E-state index in [4.69, 9.17) is 0 Å². The molecule has 0 saturated carbocycles. The van der Waals surface area contributed by atoms with Crippen LogP contribution in [0.3, 0.4) is 0 Å². The number of carbonyl (C=O) groups excluding carboxylic acids is 2. The fourth-order valence-electron chi connectivity index (χ4n) is 6.15. The Morgan fingerprint density at radius 1 is 0.977 bits per heavy atom. The second-order valence-electron chi connectivity index (χ2n) is 10.9. The number of carbonyl (C=O) groups is 2. The zero-order valence-corrected chi connectivity index (χ0v) is 23.9. The highest BCUT2D eigenvalue weighted by molar-refractivity contribution is 5.96. The topological polar surface area (TPSA) is 92.6 Å². The summed E-state index contributed by atoms with van der Waals surface area (Å²) in [6, 6.07) is 13.7. The molecule has 44 heavy (non-hydrogen) atoms. The molecule has 13 heteroatoms. The van der Waals surface area contributed by atoms with Gasteiger partial charge in [-0.3, -0.25) is 14.6 Å². The van der Waals surface area contributed by atoms with E-state index >= 15 is 0 Å². The number of amides is 2. The van der Waals surface area contributed by atoms with Gasteiger partial charge in [0.25, 0.3) is 5.91 Å². The van der Waals surface area contributed by atoms with E-state index in [0.717, 1.165) is 5.56 Å². The predicted molar refractivity (Wildman–Crippen MR) is 153 cm³/mol. The Hall–Kier alpha value is -4.94. The maximum absolute atomic E-state index is 13.7. The number of nitrogens with zero attached hydrogens (tertiary/aromatic N) is 5. The molecular formula is C31H28F4N6O3.